The molecule has 1 amide bonds. The first-order chi connectivity index (χ1) is 10.1. The summed E-state index contributed by atoms with van der Waals surface area (Å²) in [6.45, 7) is 1.89. The second-order valence-electron chi connectivity index (χ2n) is 5.80. The summed E-state index contributed by atoms with van der Waals surface area (Å²) < 4.78 is 0. The van der Waals surface area contributed by atoms with Crippen LogP contribution in [0.3, 0.4) is 0 Å². The molecule has 0 aromatic heterocycles. The Morgan fingerprint density at radius 2 is 1.81 bits per heavy atom. The van der Waals surface area contributed by atoms with E-state index in [0.29, 0.717) is 0 Å². The Bertz CT molecular complexity index is 691. The molecule has 1 unspecified atom stereocenters. The molecule has 1 N–H and O–H groups in total. The lowest BCUT2D eigenvalue weighted by Crippen LogP contribution is -2.36. The van der Waals surface area contributed by atoms with E-state index in [2.05, 4.69) is 47.8 Å². The van der Waals surface area contributed by atoms with E-state index < -0.39 is 0 Å². The van der Waals surface area contributed by atoms with E-state index in [4.69, 9.17) is 0 Å². The van der Waals surface area contributed by atoms with E-state index in [1.807, 2.05) is 6.92 Å². The number of hydrogen-bond donors (Lipinski definition) is 1. The van der Waals surface area contributed by atoms with Gasteiger partial charge in [-0.05, 0) is 47.7 Å². The fourth-order valence-electron chi connectivity index (χ4n) is 2.93. The number of nitrogens with one attached hydrogen (secondary N) is 1. The third kappa shape index (κ3) is 2.51. The molecule has 0 radical (unpaired) electrons. The highest BCUT2D eigenvalue weighted by molar-refractivity contribution is 5.84. The number of fused-ring (bicyclic) bond motifs is 3. The minimum atomic E-state index is -0.221. The molecule has 0 bridgehead atoms. The minimum absolute atomic E-state index is 0.0822. The van der Waals surface area contributed by atoms with Gasteiger partial charge in [-0.3, -0.25) is 4.79 Å². The van der Waals surface area contributed by atoms with Gasteiger partial charge in [-0.25, -0.2) is 0 Å². The summed E-state index contributed by atoms with van der Waals surface area (Å²) in [6, 6.07) is 14.7. The first-order valence-corrected chi connectivity index (χ1v) is 7.25. The lowest BCUT2D eigenvalue weighted by atomic mass is 10.1. The number of benzene rings is 2. The highest BCUT2D eigenvalue weighted by Gasteiger charge is 2.19. The van der Waals surface area contributed by atoms with Crippen molar-refractivity contribution in [3.8, 4) is 11.1 Å². The molecule has 108 valence electrons. The van der Waals surface area contributed by atoms with Gasteiger partial charge in [0.15, 0.2) is 0 Å². The van der Waals surface area contributed by atoms with Crippen LogP contribution in [0.4, 0.5) is 5.69 Å². The van der Waals surface area contributed by atoms with Gasteiger partial charge < -0.3 is 10.2 Å². The number of anilines is 1. The van der Waals surface area contributed by atoms with Crippen molar-refractivity contribution in [3.05, 3.63) is 53.6 Å². The average molecular weight is 280 g/mol. The van der Waals surface area contributed by atoms with E-state index in [-0.39, 0.29) is 11.9 Å². The van der Waals surface area contributed by atoms with Crippen molar-refractivity contribution >= 4 is 11.6 Å². The monoisotopic (exact) mass is 280 g/mol. The lowest BCUT2D eigenvalue weighted by molar-refractivity contribution is -0.129. The van der Waals surface area contributed by atoms with Crippen LogP contribution in [-0.2, 0) is 11.2 Å². The Labute approximate surface area is 125 Å². The van der Waals surface area contributed by atoms with Crippen LogP contribution in [0.5, 0.6) is 0 Å². The zero-order chi connectivity index (χ0) is 15.0. The normalized spacial score (nSPS) is 13.3. The van der Waals surface area contributed by atoms with E-state index in [0.717, 1.165) is 12.1 Å². The molecule has 0 heterocycles. The molecule has 3 heteroatoms. The molecule has 1 atom stereocenters. The van der Waals surface area contributed by atoms with Gasteiger partial charge in [0.25, 0.3) is 0 Å². The molecular weight excluding hydrogens is 260 g/mol. The molecule has 0 fully saturated rings. The molecule has 1 aliphatic carbocycles. The summed E-state index contributed by atoms with van der Waals surface area (Å²) in [5.41, 5.74) is 6.34. The maximum absolute atomic E-state index is 11.9. The standard InChI is InChI=1S/C18H20N2O/c1-12(18(21)20(2)3)19-15-8-9-17-14(11-15)10-13-6-4-5-7-16(13)17/h4-9,11-12,19H,10H2,1-3H3. The Hall–Kier alpha value is -2.29. The third-order valence-electron chi connectivity index (χ3n) is 3.99. The maximum atomic E-state index is 11.9. The van der Waals surface area contributed by atoms with Gasteiger partial charge in [0.05, 0.1) is 0 Å². The number of nitrogens with zero attached hydrogens (tertiary/aromatic N) is 1. The van der Waals surface area contributed by atoms with Gasteiger partial charge in [-0.1, -0.05) is 30.3 Å². The Morgan fingerprint density at radius 3 is 2.57 bits per heavy atom. The molecular formula is C18H20N2O. The fourth-order valence-corrected chi connectivity index (χ4v) is 2.93. The van der Waals surface area contributed by atoms with Crippen LogP contribution >= 0.6 is 0 Å². The van der Waals surface area contributed by atoms with Crippen molar-refractivity contribution in [1.29, 1.82) is 0 Å². The number of carbonyl (C=O) groups excluding carboxylic acids is 1. The van der Waals surface area contributed by atoms with Crippen LogP contribution < -0.4 is 5.32 Å². The average Bonchev–Trinajstić information content (AvgIpc) is 2.83. The maximum Gasteiger partial charge on any atom is 0.244 e. The highest BCUT2D eigenvalue weighted by Crippen LogP contribution is 2.37. The molecule has 3 nitrogen and oxygen atoms in total. The van der Waals surface area contributed by atoms with Crippen LogP contribution in [0, 0.1) is 0 Å². The molecule has 21 heavy (non-hydrogen) atoms. The molecule has 3 rings (SSSR count). The van der Waals surface area contributed by atoms with E-state index in [9.17, 15) is 4.79 Å². The molecule has 0 aliphatic heterocycles. The highest BCUT2D eigenvalue weighted by atomic mass is 16.2. The number of carbonyl (C=O) groups is 1. The van der Waals surface area contributed by atoms with Crippen LogP contribution in [0.1, 0.15) is 18.1 Å². The van der Waals surface area contributed by atoms with Crippen LogP contribution in [0.2, 0.25) is 0 Å². The van der Waals surface area contributed by atoms with Gasteiger partial charge in [0.1, 0.15) is 6.04 Å². The summed E-state index contributed by atoms with van der Waals surface area (Å²) in [7, 11) is 3.56. The smallest absolute Gasteiger partial charge is 0.244 e. The first kappa shape index (κ1) is 13.7. The van der Waals surface area contributed by atoms with E-state index in [1.165, 1.54) is 22.3 Å². The van der Waals surface area contributed by atoms with Crippen LogP contribution in [-0.4, -0.2) is 30.9 Å². The topological polar surface area (TPSA) is 32.3 Å². The SMILES string of the molecule is CC(Nc1ccc2c(c1)Cc1ccccc1-2)C(=O)N(C)C. The molecule has 0 saturated carbocycles. The predicted molar refractivity (Wildman–Crippen MR) is 86.5 cm³/mol. The van der Waals surface area contributed by atoms with Crippen molar-refractivity contribution in [2.45, 2.75) is 19.4 Å². The van der Waals surface area contributed by atoms with Crippen molar-refractivity contribution in [1.82, 2.24) is 4.90 Å². The summed E-state index contributed by atoms with van der Waals surface area (Å²) >= 11 is 0. The number of rotatable bonds is 3. The summed E-state index contributed by atoms with van der Waals surface area (Å²) in [5.74, 6) is 0.0822. The van der Waals surface area contributed by atoms with Crippen LogP contribution in [0.15, 0.2) is 42.5 Å². The summed E-state index contributed by atoms with van der Waals surface area (Å²) in [5, 5.41) is 3.29. The van der Waals surface area contributed by atoms with Gasteiger partial charge in [0, 0.05) is 19.8 Å². The van der Waals surface area contributed by atoms with E-state index >= 15 is 0 Å². The largest absolute Gasteiger partial charge is 0.374 e. The Balaban J connectivity index is 1.83. The molecule has 2 aromatic carbocycles. The molecule has 2 aromatic rings. The quantitative estimate of drug-likeness (QED) is 0.799. The second kappa shape index (κ2) is 5.24. The van der Waals surface area contributed by atoms with E-state index in [1.54, 1.807) is 19.0 Å². The molecule has 0 saturated heterocycles. The lowest BCUT2D eigenvalue weighted by Gasteiger charge is -2.19. The first-order valence-electron chi connectivity index (χ1n) is 7.25. The zero-order valence-electron chi connectivity index (χ0n) is 12.7. The summed E-state index contributed by atoms with van der Waals surface area (Å²) in [6.07, 6.45) is 0.969. The van der Waals surface area contributed by atoms with Crippen molar-refractivity contribution in [3.63, 3.8) is 0 Å². The van der Waals surface area contributed by atoms with Crippen LogP contribution in [0.25, 0.3) is 11.1 Å². The number of likely N-dealkylation sites (N-methyl/N-ethyl adjacent to an activating group) is 1. The second-order valence-corrected chi connectivity index (χ2v) is 5.80. The minimum Gasteiger partial charge on any atom is -0.374 e. The Kier molecular flexibility index (Phi) is 3.42. The summed E-state index contributed by atoms with van der Waals surface area (Å²) in [4.78, 5) is 13.5. The molecule has 1 aliphatic rings. The van der Waals surface area contributed by atoms with Crippen molar-refractivity contribution < 1.29 is 4.79 Å². The van der Waals surface area contributed by atoms with Crippen molar-refractivity contribution in [2.24, 2.45) is 0 Å². The molecule has 0 spiro atoms. The third-order valence-corrected chi connectivity index (χ3v) is 3.99. The number of amides is 1. The fraction of sp³-hybridized carbons (Fsp3) is 0.278. The number of hydrogen-bond acceptors (Lipinski definition) is 2. The predicted octanol–water partition coefficient (Wildman–Crippen LogP) is 3.15. The Morgan fingerprint density at radius 1 is 1.10 bits per heavy atom. The zero-order valence-corrected chi connectivity index (χ0v) is 12.7. The van der Waals surface area contributed by atoms with Gasteiger partial charge in [0.2, 0.25) is 5.91 Å². The van der Waals surface area contributed by atoms with Gasteiger partial charge in [-0.15, -0.1) is 0 Å². The van der Waals surface area contributed by atoms with Crippen molar-refractivity contribution in [2.75, 3.05) is 19.4 Å². The van der Waals surface area contributed by atoms with Gasteiger partial charge >= 0.3 is 0 Å². The van der Waals surface area contributed by atoms with Gasteiger partial charge in [-0.2, -0.15) is 0 Å².